The van der Waals surface area contributed by atoms with Gasteiger partial charge in [-0.3, -0.25) is 4.79 Å². The minimum Gasteiger partial charge on any atom is -0.481 e. The van der Waals surface area contributed by atoms with Gasteiger partial charge in [-0.2, -0.15) is 13.2 Å². The molecule has 0 spiro atoms. The first-order valence-electron chi connectivity index (χ1n) is 4.66. The molecule has 90 valence electrons. The Labute approximate surface area is 87.5 Å². The molecule has 0 aromatic carbocycles. The van der Waals surface area contributed by atoms with E-state index in [2.05, 4.69) is 0 Å². The third-order valence-corrected chi connectivity index (χ3v) is 2.18. The smallest absolute Gasteiger partial charge is 0.389 e. The van der Waals surface area contributed by atoms with Crippen LogP contribution in [-0.4, -0.2) is 17.3 Å². The summed E-state index contributed by atoms with van der Waals surface area (Å²) in [5.41, 5.74) is -2.19. The topological polar surface area (TPSA) is 37.3 Å². The van der Waals surface area contributed by atoms with E-state index in [1.54, 1.807) is 0 Å². The zero-order valence-electron chi connectivity index (χ0n) is 9.40. The van der Waals surface area contributed by atoms with E-state index in [4.69, 9.17) is 5.11 Å². The standard InChI is InChI=1S/C10H17F3O2/c1-8(2,6-10(11,12)13)5-9(3,4)7(14)15/h5-6H2,1-4H3,(H,14,15). The Bertz CT molecular complexity index is 242. The minimum atomic E-state index is -4.25. The number of rotatable bonds is 4. The lowest BCUT2D eigenvalue weighted by molar-refractivity contribution is -0.164. The average molecular weight is 226 g/mol. The summed E-state index contributed by atoms with van der Waals surface area (Å²) in [7, 11) is 0. The maximum Gasteiger partial charge on any atom is 0.389 e. The van der Waals surface area contributed by atoms with Gasteiger partial charge < -0.3 is 5.11 Å². The Hall–Kier alpha value is -0.740. The molecule has 0 bridgehead atoms. The highest BCUT2D eigenvalue weighted by Gasteiger charge is 2.41. The van der Waals surface area contributed by atoms with E-state index in [-0.39, 0.29) is 6.42 Å². The van der Waals surface area contributed by atoms with Gasteiger partial charge in [-0.1, -0.05) is 13.8 Å². The van der Waals surface area contributed by atoms with Crippen LogP contribution in [0.4, 0.5) is 13.2 Å². The largest absolute Gasteiger partial charge is 0.481 e. The van der Waals surface area contributed by atoms with Crippen LogP contribution in [0.25, 0.3) is 0 Å². The molecule has 0 saturated carbocycles. The summed E-state index contributed by atoms with van der Waals surface area (Å²) >= 11 is 0. The molecule has 0 aromatic rings. The van der Waals surface area contributed by atoms with Crippen LogP contribution in [0.5, 0.6) is 0 Å². The van der Waals surface area contributed by atoms with Crippen molar-refractivity contribution in [2.75, 3.05) is 0 Å². The van der Waals surface area contributed by atoms with Gasteiger partial charge >= 0.3 is 12.1 Å². The number of carboxylic acids is 1. The van der Waals surface area contributed by atoms with Crippen molar-refractivity contribution in [1.82, 2.24) is 0 Å². The number of aliphatic carboxylic acids is 1. The predicted octanol–water partition coefficient (Wildman–Crippen LogP) is 3.47. The summed E-state index contributed by atoms with van der Waals surface area (Å²) in [6.07, 6.45) is -5.22. The molecular formula is C10H17F3O2. The minimum absolute atomic E-state index is 0.00512. The van der Waals surface area contributed by atoms with Gasteiger partial charge in [-0.05, 0) is 25.7 Å². The molecule has 0 aliphatic rings. The molecular weight excluding hydrogens is 209 g/mol. The average Bonchev–Trinajstić information content (AvgIpc) is 1.75. The summed E-state index contributed by atoms with van der Waals surface area (Å²) in [5, 5.41) is 8.82. The summed E-state index contributed by atoms with van der Waals surface area (Å²) in [6.45, 7) is 5.75. The third-order valence-electron chi connectivity index (χ3n) is 2.18. The molecule has 0 unspecified atom stereocenters. The molecule has 0 fully saturated rings. The quantitative estimate of drug-likeness (QED) is 0.797. The lowest BCUT2D eigenvalue weighted by Crippen LogP contribution is -2.33. The molecule has 0 amide bonds. The molecule has 0 aliphatic carbocycles. The highest BCUT2D eigenvalue weighted by atomic mass is 19.4. The van der Waals surface area contributed by atoms with Crippen molar-refractivity contribution in [2.45, 2.75) is 46.7 Å². The number of hydrogen-bond donors (Lipinski definition) is 1. The zero-order valence-corrected chi connectivity index (χ0v) is 9.40. The molecule has 15 heavy (non-hydrogen) atoms. The van der Waals surface area contributed by atoms with Gasteiger partial charge in [0.15, 0.2) is 0 Å². The van der Waals surface area contributed by atoms with Crippen LogP contribution in [-0.2, 0) is 4.79 Å². The Morgan fingerprint density at radius 3 is 1.73 bits per heavy atom. The first-order valence-corrected chi connectivity index (χ1v) is 4.66. The maximum atomic E-state index is 12.2. The highest BCUT2D eigenvalue weighted by Crippen LogP contribution is 2.41. The van der Waals surface area contributed by atoms with E-state index in [0.717, 1.165) is 0 Å². The third kappa shape index (κ3) is 5.64. The van der Waals surface area contributed by atoms with Gasteiger partial charge in [0.25, 0.3) is 0 Å². The van der Waals surface area contributed by atoms with Crippen LogP contribution in [0.1, 0.15) is 40.5 Å². The van der Waals surface area contributed by atoms with E-state index in [0.29, 0.717) is 0 Å². The van der Waals surface area contributed by atoms with Crippen molar-refractivity contribution in [3.05, 3.63) is 0 Å². The summed E-state index contributed by atoms with van der Waals surface area (Å²) in [5.74, 6) is -1.07. The van der Waals surface area contributed by atoms with Crippen molar-refractivity contribution >= 4 is 5.97 Å². The summed E-state index contributed by atoms with van der Waals surface area (Å²) in [4.78, 5) is 10.8. The molecule has 0 heterocycles. The van der Waals surface area contributed by atoms with Gasteiger partial charge in [0.2, 0.25) is 0 Å². The number of alkyl halides is 3. The van der Waals surface area contributed by atoms with Gasteiger partial charge in [-0.25, -0.2) is 0 Å². The van der Waals surface area contributed by atoms with Crippen LogP contribution in [0.3, 0.4) is 0 Å². The molecule has 1 N–H and O–H groups in total. The molecule has 0 aromatic heterocycles. The van der Waals surface area contributed by atoms with E-state index in [1.807, 2.05) is 0 Å². The van der Waals surface area contributed by atoms with Crippen LogP contribution in [0.15, 0.2) is 0 Å². The van der Waals surface area contributed by atoms with E-state index in [1.165, 1.54) is 27.7 Å². The molecule has 0 aliphatic heterocycles. The zero-order chi connectivity index (χ0) is 12.5. The van der Waals surface area contributed by atoms with E-state index < -0.39 is 29.4 Å². The lowest BCUT2D eigenvalue weighted by atomic mass is 9.73. The Balaban J connectivity index is 4.58. The van der Waals surface area contributed by atoms with E-state index in [9.17, 15) is 18.0 Å². The first kappa shape index (κ1) is 14.3. The second-order valence-corrected chi connectivity index (χ2v) is 5.32. The second-order valence-electron chi connectivity index (χ2n) is 5.32. The first-order chi connectivity index (χ1) is 6.36. The Morgan fingerprint density at radius 2 is 1.47 bits per heavy atom. The molecule has 0 atom stereocenters. The molecule has 5 heteroatoms. The number of halogens is 3. The number of carboxylic acid groups (broad SMARTS) is 1. The van der Waals surface area contributed by atoms with Crippen molar-refractivity contribution < 1.29 is 23.1 Å². The second kappa shape index (κ2) is 4.02. The fourth-order valence-corrected chi connectivity index (χ4v) is 1.88. The van der Waals surface area contributed by atoms with Crippen molar-refractivity contribution in [3.63, 3.8) is 0 Å². The van der Waals surface area contributed by atoms with Crippen molar-refractivity contribution in [1.29, 1.82) is 0 Å². The van der Waals surface area contributed by atoms with Gasteiger partial charge in [0.05, 0.1) is 5.41 Å². The monoisotopic (exact) mass is 226 g/mol. The van der Waals surface area contributed by atoms with Crippen molar-refractivity contribution in [2.24, 2.45) is 10.8 Å². The van der Waals surface area contributed by atoms with Gasteiger partial charge in [-0.15, -0.1) is 0 Å². The lowest BCUT2D eigenvalue weighted by Gasteiger charge is -2.32. The normalized spacial score (nSPS) is 14.1. The van der Waals surface area contributed by atoms with Crippen LogP contribution < -0.4 is 0 Å². The Morgan fingerprint density at radius 1 is 1.07 bits per heavy atom. The Kier molecular flexibility index (Phi) is 3.82. The van der Waals surface area contributed by atoms with Crippen LogP contribution in [0.2, 0.25) is 0 Å². The SMILES string of the molecule is CC(C)(CC(F)(F)F)CC(C)(C)C(=O)O. The van der Waals surface area contributed by atoms with Crippen LogP contribution in [0, 0.1) is 10.8 Å². The van der Waals surface area contributed by atoms with Crippen LogP contribution >= 0.6 is 0 Å². The molecule has 0 radical (unpaired) electrons. The van der Waals surface area contributed by atoms with Gasteiger partial charge in [0, 0.05) is 6.42 Å². The number of hydrogen-bond acceptors (Lipinski definition) is 1. The van der Waals surface area contributed by atoms with Gasteiger partial charge in [0.1, 0.15) is 0 Å². The van der Waals surface area contributed by atoms with E-state index >= 15 is 0 Å². The fraction of sp³-hybridized carbons (Fsp3) is 0.900. The fourth-order valence-electron chi connectivity index (χ4n) is 1.88. The maximum absolute atomic E-state index is 12.2. The number of carbonyl (C=O) groups is 1. The summed E-state index contributed by atoms with van der Waals surface area (Å²) < 4.78 is 36.5. The molecule has 0 saturated heterocycles. The highest BCUT2D eigenvalue weighted by molar-refractivity contribution is 5.73. The summed E-state index contributed by atoms with van der Waals surface area (Å²) in [6, 6.07) is 0. The van der Waals surface area contributed by atoms with Crippen molar-refractivity contribution in [3.8, 4) is 0 Å². The molecule has 0 rings (SSSR count). The molecule has 2 nitrogen and oxygen atoms in total. The predicted molar refractivity (Wildman–Crippen MR) is 50.5 cm³/mol.